The van der Waals surface area contributed by atoms with Crippen molar-refractivity contribution in [3.05, 3.63) is 45.9 Å². The summed E-state index contributed by atoms with van der Waals surface area (Å²) in [4.78, 5) is 4.19. The number of ether oxygens (including phenoxy) is 1. The first-order chi connectivity index (χ1) is 12.4. The minimum absolute atomic E-state index is 0.381. The Morgan fingerprint density at radius 3 is 2.31 bits per heavy atom. The van der Waals surface area contributed by atoms with Crippen molar-refractivity contribution in [1.29, 1.82) is 0 Å². The molecule has 0 N–H and O–H groups in total. The van der Waals surface area contributed by atoms with Crippen LogP contribution in [0.1, 0.15) is 45.1 Å². The Labute approximate surface area is 171 Å². The number of methoxy groups -OCH3 is 1. The molecule has 0 radical (unpaired) electrons. The minimum Gasteiger partial charge on any atom is -0.496 e. The highest BCUT2D eigenvalue weighted by Crippen LogP contribution is 2.42. The Kier molecular flexibility index (Phi) is 8.00. The monoisotopic (exact) mass is 411 g/mol. The smallest absolute Gasteiger partial charge is 0.122 e. The van der Waals surface area contributed by atoms with Crippen molar-refractivity contribution in [2.45, 2.75) is 49.3 Å². The van der Waals surface area contributed by atoms with E-state index in [4.69, 9.17) is 27.9 Å². The van der Waals surface area contributed by atoms with Crippen LogP contribution < -0.4 is 9.64 Å². The van der Waals surface area contributed by atoms with E-state index < -0.39 is 0 Å². The van der Waals surface area contributed by atoms with Gasteiger partial charge in [-0.1, -0.05) is 62.2 Å². The van der Waals surface area contributed by atoms with Gasteiger partial charge in [0.25, 0.3) is 0 Å². The van der Waals surface area contributed by atoms with E-state index in [0.717, 1.165) is 40.6 Å². The number of hydrogen-bond donors (Lipinski definition) is 0. The third kappa shape index (κ3) is 5.25. The summed E-state index contributed by atoms with van der Waals surface area (Å²) < 4.78 is 5.47. The van der Waals surface area contributed by atoms with E-state index in [9.17, 15) is 0 Å². The Morgan fingerprint density at radius 2 is 1.77 bits per heavy atom. The Bertz CT molecular complexity index is 726. The van der Waals surface area contributed by atoms with Crippen LogP contribution in [0, 0.1) is 0 Å². The van der Waals surface area contributed by atoms with Crippen LogP contribution in [0.15, 0.2) is 40.1 Å². The predicted octanol–water partition coefficient (Wildman–Crippen LogP) is 7.51. The number of halogens is 2. The highest BCUT2D eigenvalue weighted by molar-refractivity contribution is 7.99. The third-order valence-electron chi connectivity index (χ3n) is 4.31. The summed E-state index contributed by atoms with van der Waals surface area (Å²) in [5.41, 5.74) is 2.23. The van der Waals surface area contributed by atoms with E-state index in [0.29, 0.717) is 16.0 Å². The molecular formula is C21H27Cl2NOS. The van der Waals surface area contributed by atoms with Crippen molar-refractivity contribution in [3.8, 4) is 5.75 Å². The lowest BCUT2D eigenvalue weighted by Gasteiger charge is -2.21. The zero-order chi connectivity index (χ0) is 19.3. The van der Waals surface area contributed by atoms with Gasteiger partial charge in [0.1, 0.15) is 5.75 Å². The van der Waals surface area contributed by atoms with Crippen molar-refractivity contribution in [3.63, 3.8) is 0 Å². The SMILES string of the molecule is CCCCN(C)c1cc(Cl)c(Sc2ccc(OC)c(C(C)C)c2)c(Cl)c1. The molecule has 0 unspecified atom stereocenters. The first-order valence-electron chi connectivity index (χ1n) is 8.93. The fourth-order valence-electron chi connectivity index (χ4n) is 2.73. The molecule has 0 aliphatic heterocycles. The van der Waals surface area contributed by atoms with Gasteiger partial charge in [0, 0.05) is 29.1 Å². The predicted molar refractivity (Wildman–Crippen MR) is 116 cm³/mol. The van der Waals surface area contributed by atoms with Crippen LogP contribution >= 0.6 is 35.0 Å². The van der Waals surface area contributed by atoms with Gasteiger partial charge in [0.05, 0.1) is 17.2 Å². The number of rotatable bonds is 8. The molecule has 0 fully saturated rings. The van der Waals surface area contributed by atoms with Crippen LogP contribution in [-0.2, 0) is 0 Å². The number of anilines is 1. The number of benzene rings is 2. The van der Waals surface area contributed by atoms with E-state index in [1.807, 2.05) is 24.3 Å². The maximum absolute atomic E-state index is 6.57. The third-order valence-corrected chi connectivity index (χ3v) is 6.27. The Morgan fingerprint density at radius 1 is 1.12 bits per heavy atom. The average molecular weight is 412 g/mol. The summed E-state index contributed by atoms with van der Waals surface area (Å²) in [6.07, 6.45) is 2.31. The Balaban J connectivity index is 2.28. The normalized spacial score (nSPS) is 11.1. The molecular weight excluding hydrogens is 385 g/mol. The molecule has 0 heterocycles. The van der Waals surface area contributed by atoms with Crippen molar-refractivity contribution in [1.82, 2.24) is 0 Å². The van der Waals surface area contributed by atoms with Crippen LogP contribution in [-0.4, -0.2) is 20.7 Å². The second kappa shape index (κ2) is 9.77. The van der Waals surface area contributed by atoms with E-state index in [1.165, 1.54) is 5.56 Å². The molecule has 0 spiro atoms. The van der Waals surface area contributed by atoms with E-state index in [-0.39, 0.29) is 0 Å². The van der Waals surface area contributed by atoms with Crippen LogP contribution in [0.5, 0.6) is 5.75 Å². The summed E-state index contributed by atoms with van der Waals surface area (Å²) in [7, 11) is 3.78. The van der Waals surface area contributed by atoms with E-state index >= 15 is 0 Å². The van der Waals surface area contributed by atoms with Crippen molar-refractivity contribution >= 4 is 40.7 Å². The van der Waals surface area contributed by atoms with Gasteiger partial charge in [0.15, 0.2) is 0 Å². The lowest BCUT2D eigenvalue weighted by molar-refractivity contribution is 0.407. The number of hydrogen-bond acceptors (Lipinski definition) is 3. The molecule has 26 heavy (non-hydrogen) atoms. The van der Waals surface area contributed by atoms with Gasteiger partial charge in [-0.2, -0.15) is 0 Å². The molecule has 0 saturated carbocycles. The molecule has 0 saturated heterocycles. The molecule has 142 valence electrons. The van der Waals surface area contributed by atoms with Gasteiger partial charge >= 0.3 is 0 Å². The zero-order valence-corrected chi connectivity index (χ0v) is 18.4. The molecule has 0 atom stereocenters. The van der Waals surface area contributed by atoms with Gasteiger partial charge in [-0.3, -0.25) is 0 Å². The molecule has 0 aliphatic carbocycles. The lowest BCUT2D eigenvalue weighted by Crippen LogP contribution is -2.18. The highest BCUT2D eigenvalue weighted by Gasteiger charge is 2.14. The summed E-state index contributed by atoms with van der Waals surface area (Å²) in [5, 5.41) is 1.37. The molecule has 0 aliphatic rings. The number of unbranched alkanes of at least 4 members (excludes halogenated alkanes) is 1. The van der Waals surface area contributed by atoms with Gasteiger partial charge < -0.3 is 9.64 Å². The van der Waals surface area contributed by atoms with Crippen molar-refractivity contribution in [2.75, 3.05) is 25.6 Å². The Hall–Kier alpha value is -1.03. The molecule has 0 amide bonds. The van der Waals surface area contributed by atoms with Crippen LogP contribution in [0.3, 0.4) is 0 Å². The first kappa shape index (κ1) is 21.3. The number of nitrogens with zero attached hydrogens (tertiary/aromatic N) is 1. The summed E-state index contributed by atoms with van der Waals surface area (Å²) in [6.45, 7) is 7.50. The molecule has 0 aromatic heterocycles. The molecule has 2 rings (SSSR count). The maximum atomic E-state index is 6.57. The summed E-state index contributed by atoms with van der Waals surface area (Å²) >= 11 is 14.7. The molecule has 0 bridgehead atoms. The van der Waals surface area contributed by atoms with Gasteiger partial charge in [-0.25, -0.2) is 0 Å². The largest absolute Gasteiger partial charge is 0.496 e. The second-order valence-corrected chi connectivity index (χ2v) is 8.57. The quantitative estimate of drug-likeness (QED) is 0.445. The van der Waals surface area contributed by atoms with Gasteiger partial charge in [-0.05, 0) is 48.2 Å². The van der Waals surface area contributed by atoms with Crippen molar-refractivity contribution in [2.24, 2.45) is 0 Å². The minimum atomic E-state index is 0.381. The molecule has 2 nitrogen and oxygen atoms in total. The fourth-order valence-corrected chi connectivity index (χ4v) is 4.31. The second-order valence-electron chi connectivity index (χ2n) is 6.67. The highest BCUT2D eigenvalue weighted by atomic mass is 35.5. The molecule has 2 aromatic rings. The van der Waals surface area contributed by atoms with Crippen LogP contribution in [0.4, 0.5) is 5.69 Å². The lowest BCUT2D eigenvalue weighted by atomic mass is 10.0. The topological polar surface area (TPSA) is 12.5 Å². The maximum Gasteiger partial charge on any atom is 0.122 e. The van der Waals surface area contributed by atoms with E-state index in [1.54, 1.807) is 18.9 Å². The first-order valence-corrected chi connectivity index (χ1v) is 10.5. The standard InChI is InChI=1S/C21H27Cl2NOS/c1-6-7-10-24(4)15-11-18(22)21(19(23)12-15)26-16-8-9-20(25-5)17(13-16)14(2)3/h8-9,11-14H,6-7,10H2,1-5H3. The van der Waals surface area contributed by atoms with Gasteiger partial charge in [0.2, 0.25) is 0 Å². The summed E-state index contributed by atoms with van der Waals surface area (Å²) in [6, 6.07) is 10.2. The van der Waals surface area contributed by atoms with Crippen LogP contribution in [0.25, 0.3) is 0 Å². The van der Waals surface area contributed by atoms with E-state index in [2.05, 4.69) is 38.8 Å². The van der Waals surface area contributed by atoms with Crippen LogP contribution in [0.2, 0.25) is 10.0 Å². The summed E-state index contributed by atoms with van der Waals surface area (Å²) in [5.74, 6) is 1.29. The molecule has 2 aromatic carbocycles. The van der Waals surface area contributed by atoms with Gasteiger partial charge in [-0.15, -0.1) is 0 Å². The fraction of sp³-hybridized carbons (Fsp3) is 0.429. The van der Waals surface area contributed by atoms with Crippen molar-refractivity contribution < 1.29 is 4.74 Å². The molecule has 5 heteroatoms. The zero-order valence-electron chi connectivity index (χ0n) is 16.1. The average Bonchev–Trinajstić information content (AvgIpc) is 2.62.